The van der Waals surface area contributed by atoms with Crippen molar-refractivity contribution in [2.75, 3.05) is 11.3 Å². The number of anilines is 1. The van der Waals surface area contributed by atoms with Gasteiger partial charge in [0, 0.05) is 28.6 Å². The largest absolute Gasteiger partial charge is 0.475 e. The van der Waals surface area contributed by atoms with E-state index < -0.39 is 16.1 Å². The van der Waals surface area contributed by atoms with Gasteiger partial charge in [0.15, 0.2) is 0 Å². The van der Waals surface area contributed by atoms with Gasteiger partial charge in [0.1, 0.15) is 12.4 Å². The van der Waals surface area contributed by atoms with Crippen LogP contribution >= 0.6 is 0 Å². The summed E-state index contributed by atoms with van der Waals surface area (Å²) in [6.45, 7) is 14.7. The van der Waals surface area contributed by atoms with Crippen molar-refractivity contribution >= 4 is 21.9 Å². The third kappa shape index (κ3) is 8.62. The predicted molar refractivity (Wildman–Crippen MR) is 204 cm³/mol. The van der Waals surface area contributed by atoms with E-state index in [9.17, 15) is 13.2 Å². The number of rotatable bonds is 7. The zero-order valence-corrected chi connectivity index (χ0v) is 32.4. The van der Waals surface area contributed by atoms with Gasteiger partial charge in [-0.25, -0.2) is 28.1 Å². The van der Waals surface area contributed by atoms with Crippen molar-refractivity contribution in [1.82, 2.24) is 24.8 Å². The third-order valence-electron chi connectivity index (χ3n) is 10.1. The molecule has 0 unspecified atom stereocenters. The summed E-state index contributed by atoms with van der Waals surface area (Å²) < 4.78 is 37.2. The number of carbonyl (C=O) groups is 1. The van der Waals surface area contributed by atoms with Crippen LogP contribution in [0.4, 0.5) is 5.95 Å². The minimum Gasteiger partial charge on any atom is -0.475 e. The molecule has 1 fully saturated rings. The highest BCUT2D eigenvalue weighted by Gasteiger charge is 2.33. The molecule has 2 aliphatic rings. The molecule has 52 heavy (non-hydrogen) atoms. The molecule has 4 aromatic rings. The van der Waals surface area contributed by atoms with Crippen LogP contribution in [0.15, 0.2) is 59.6 Å². The smallest absolute Gasteiger partial charge is 0.264 e. The van der Waals surface area contributed by atoms with Crippen LogP contribution in [0.25, 0.3) is 11.3 Å². The topological polar surface area (TPSA) is 127 Å². The van der Waals surface area contributed by atoms with Gasteiger partial charge < -0.3 is 9.64 Å². The third-order valence-corrected chi connectivity index (χ3v) is 11.5. The molecule has 0 radical (unpaired) electrons. The molecule has 11 heteroatoms. The molecule has 1 atom stereocenters. The van der Waals surface area contributed by atoms with Crippen LogP contribution < -0.4 is 9.46 Å². The lowest BCUT2D eigenvalue weighted by Crippen LogP contribution is -2.45. The summed E-state index contributed by atoms with van der Waals surface area (Å²) in [5.41, 5.74) is 5.47. The second-order valence-corrected chi connectivity index (χ2v) is 17.7. The van der Waals surface area contributed by atoms with Crippen LogP contribution in [0.3, 0.4) is 0 Å². The quantitative estimate of drug-likeness (QED) is 0.201. The number of nitrogens with zero attached hydrogens (tertiary/aromatic N) is 5. The molecule has 6 rings (SSSR count). The van der Waals surface area contributed by atoms with Gasteiger partial charge in [0.25, 0.3) is 15.9 Å². The number of nitrogens with one attached hydrogen (secondary N) is 1. The molecule has 2 aromatic carbocycles. The molecule has 276 valence electrons. The minimum absolute atomic E-state index is 0.0648. The molecule has 1 amide bonds. The number of fused-ring (bicyclic) bond motifs is 4. The number of sulfonamides is 1. The molecular weight excluding hydrogens is 673 g/mol. The maximum absolute atomic E-state index is 14.5. The van der Waals surface area contributed by atoms with Gasteiger partial charge in [0.05, 0.1) is 23.2 Å². The number of hydrogen-bond acceptors (Lipinski definition) is 8. The summed E-state index contributed by atoms with van der Waals surface area (Å²) in [4.78, 5) is 35.1. The molecule has 2 aromatic heterocycles. The summed E-state index contributed by atoms with van der Waals surface area (Å²) >= 11 is 0. The Balaban J connectivity index is 1.50. The Morgan fingerprint density at radius 3 is 2.46 bits per heavy atom. The second kappa shape index (κ2) is 15.3. The molecule has 1 aliphatic carbocycles. The summed E-state index contributed by atoms with van der Waals surface area (Å²) in [5.74, 6) is 1.12. The van der Waals surface area contributed by atoms with E-state index >= 15 is 0 Å². The number of carbonyl (C=O) groups excluding carboxylic acids is 1. The van der Waals surface area contributed by atoms with Gasteiger partial charge in [0.2, 0.25) is 11.8 Å². The summed E-state index contributed by atoms with van der Waals surface area (Å²) in [6, 6.07) is 13.9. The average Bonchev–Trinajstić information content (AvgIpc) is 3.10. The lowest BCUT2D eigenvalue weighted by atomic mass is 9.82. The van der Waals surface area contributed by atoms with Crippen molar-refractivity contribution in [2.45, 2.75) is 117 Å². The maximum atomic E-state index is 14.5. The molecule has 1 aliphatic heterocycles. The molecule has 10 nitrogen and oxygen atoms in total. The number of benzene rings is 2. The Hall–Kier alpha value is -4.38. The molecule has 3 heterocycles. The molecule has 1 N–H and O–H groups in total. The Kier molecular flexibility index (Phi) is 11.0. The van der Waals surface area contributed by atoms with E-state index in [0.29, 0.717) is 29.4 Å². The lowest BCUT2D eigenvalue weighted by molar-refractivity contribution is 0.0504. The van der Waals surface area contributed by atoms with Crippen molar-refractivity contribution in [1.29, 1.82) is 0 Å². The van der Waals surface area contributed by atoms with Crippen molar-refractivity contribution in [3.05, 3.63) is 88.5 Å². The standard InChI is InChI=1S/C41H52N6O4S/c1-26(2)34-19-20-42-35(43-34)24-47-32(23-41(5,6)7)25-51-38-28(4)37(36-27(3)13-11-16-30(36)21-29-14-9-8-10-15-29)44-40(45-38)46-52(49,50)33-18-12-17-31(22-33)39(47)48/h11-13,16-20,22,26,29,32H,8-10,14-15,21,23-25H2,1-7H3,(H,44,45,46)/t32-/m1/s1. The fourth-order valence-corrected chi connectivity index (χ4v) is 8.47. The zero-order chi connectivity index (χ0) is 37.2. The highest BCUT2D eigenvalue weighted by molar-refractivity contribution is 7.92. The summed E-state index contributed by atoms with van der Waals surface area (Å²) in [6.07, 6.45) is 9.41. The van der Waals surface area contributed by atoms with Gasteiger partial charge in [-0.3, -0.25) is 4.79 Å². The van der Waals surface area contributed by atoms with Crippen molar-refractivity contribution in [3.63, 3.8) is 0 Å². The number of aromatic nitrogens is 4. The number of amides is 1. The monoisotopic (exact) mass is 724 g/mol. The first-order chi connectivity index (χ1) is 24.7. The fourth-order valence-electron chi connectivity index (χ4n) is 7.48. The minimum atomic E-state index is -4.20. The van der Waals surface area contributed by atoms with Crippen LogP contribution in [0, 0.1) is 25.2 Å². The normalized spacial score (nSPS) is 18.2. The van der Waals surface area contributed by atoms with Crippen LogP contribution in [0.5, 0.6) is 5.88 Å². The molecule has 1 saturated carbocycles. The maximum Gasteiger partial charge on any atom is 0.264 e. The highest BCUT2D eigenvalue weighted by Crippen LogP contribution is 2.37. The lowest BCUT2D eigenvalue weighted by Gasteiger charge is -2.35. The van der Waals surface area contributed by atoms with Crippen molar-refractivity contribution in [3.8, 4) is 17.1 Å². The van der Waals surface area contributed by atoms with Crippen LogP contribution in [-0.2, 0) is 23.0 Å². The SMILES string of the molecule is Cc1cccc(CC2CCCCC2)c1-c1nc2nc(c1C)OC[C@@H](CC(C)(C)C)N(Cc1nccc(C(C)C)n1)C(=O)c1cccc(c1)S(=O)(=O)N2. The van der Waals surface area contributed by atoms with E-state index in [-0.39, 0.29) is 52.7 Å². The summed E-state index contributed by atoms with van der Waals surface area (Å²) in [5, 5.41) is 0. The Bertz CT molecular complexity index is 2040. The zero-order valence-electron chi connectivity index (χ0n) is 31.6. The van der Waals surface area contributed by atoms with Crippen molar-refractivity contribution < 1.29 is 17.9 Å². The van der Waals surface area contributed by atoms with Gasteiger partial charge in [-0.05, 0) is 79.3 Å². The van der Waals surface area contributed by atoms with E-state index in [4.69, 9.17) is 14.7 Å². The number of aryl methyl sites for hydroxylation is 1. The first-order valence-corrected chi connectivity index (χ1v) is 20.0. The van der Waals surface area contributed by atoms with Crippen LogP contribution in [-0.4, -0.2) is 51.8 Å². The van der Waals surface area contributed by atoms with Crippen LogP contribution in [0.1, 0.15) is 118 Å². The first kappa shape index (κ1) is 37.4. The van der Waals surface area contributed by atoms with Gasteiger partial charge in [-0.2, -0.15) is 4.98 Å². The van der Waals surface area contributed by atoms with E-state index in [2.05, 4.69) is 74.4 Å². The highest BCUT2D eigenvalue weighted by atomic mass is 32.2. The number of hydrogen-bond donors (Lipinski definition) is 1. The van der Waals surface area contributed by atoms with Gasteiger partial charge in [-0.15, -0.1) is 0 Å². The molecule has 0 spiro atoms. The van der Waals surface area contributed by atoms with Gasteiger partial charge >= 0.3 is 0 Å². The molecule has 0 saturated heterocycles. The Morgan fingerprint density at radius 1 is 0.981 bits per heavy atom. The predicted octanol–water partition coefficient (Wildman–Crippen LogP) is 8.44. The van der Waals surface area contributed by atoms with Gasteiger partial charge in [-0.1, -0.05) is 91.0 Å². The fraction of sp³-hybridized carbons (Fsp3) is 0.488. The number of ether oxygens (including phenoxy) is 1. The molecule has 4 bridgehead atoms. The van der Waals surface area contributed by atoms with E-state index in [1.807, 2.05) is 13.0 Å². The second-order valence-electron chi connectivity index (χ2n) is 16.0. The molecular formula is C41H52N6O4S. The Morgan fingerprint density at radius 2 is 1.73 bits per heavy atom. The van der Waals surface area contributed by atoms with Crippen LogP contribution in [0.2, 0.25) is 0 Å². The van der Waals surface area contributed by atoms with E-state index in [1.165, 1.54) is 49.8 Å². The summed E-state index contributed by atoms with van der Waals surface area (Å²) in [7, 11) is -4.20. The average molecular weight is 725 g/mol. The van der Waals surface area contributed by atoms with E-state index in [0.717, 1.165) is 23.2 Å². The van der Waals surface area contributed by atoms with E-state index in [1.54, 1.807) is 23.2 Å². The Labute approximate surface area is 308 Å². The van der Waals surface area contributed by atoms with Crippen molar-refractivity contribution in [2.24, 2.45) is 11.3 Å². The first-order valence-electron chi connectivity index (χ1n) is 18.5.